The average Bonchev–Trinajstić information content (AvgIpc) is 2.37. The van der Waals surface area contributed by atoms with Gasteiger partial charge in [-0.2, -0.15) is 0 Å². The van der Waals surface area contributed by atoms with Gasteiger partial charge in [0.15, 0.2) is 10.9 Å². The molecule has 2 heterocycles. The third kappa shape index (κ3) is 2.79. The summed E-state index contributed by atoms with van der Waals surface area (Å²) in [5.41, 5.74) is 0.669. The smallest absolute Gasteiger partial charge is 0.278 e. The van der Waals surface area contributed by atoms with Gasteiger partial charge in [-0.15, -0.1) is 16.8 Å². The van der Waals surface area contributed by atoms with E-state index < -0.39 is 0 Å². The highest BCUT2D eigenvalue weighted by Crippen LogP contribution is 2.12. The van der Waals surface area contributed by atoms with E-state index in [1.54, 1.807) is 30.6 Å². The van der Waals surface area contributed by atoms with Crippen molar-refractivity contribution in [1.29, 1.82) is 0 Å². The summed E-state index contributed by atoms with van der Waals surface area (Å²) in [5.74, 6) is 0.677. The van der Waals surface area contributed by atoms with Crippen LogP contribution in [0.1, 0.15) is 0 Å². The summed E-state index contributed by atoms with van der Waals surface area (Å²) in [7, 11) is 0. The second-order valence-electron chi connectivity index (χ2n) is 3.15. The topological polar surface area (TPSA) is 71.5 Å². The minimum Gasteiger partial charge on any atom is -0.298 e. The predicted octanol–water partition coefficient (Wildman–Crippen LogP) is 1.50. The molecule has 17 heavy (non-hydrogen) atoms. The van der Waals surface area contributed by atoms with Crippen LogP contribution in [-0.4, -0.2) is 25.9 Å². The lowest BCUT2D eigenvalue weighted by Gasteiger charge is -1.99. The third-order valence-electron chi connectivity index (χ3n) is 1.95. The van der Waals surface area contributed by atoms with E-state index in [1.807, 2.05) is 0 Å². The summed E-state index contributed by atoms with van der Waals surface area (Å²) >= 11 is 1.38. The van der Waals surface area contributed by atoms with Gasteiger partial charge in [0.2, 0.25) is 0 Å². The van der Waals surface area contributed by atoms with Crippen molar-refractivity contribution in [2.24, 2.45) is 0 Å². The predicted molar refractivity (Wildman–Crippen MR) is 66.8 cm³/mol. The molecule has 0 saturated carbocycles. The Morgan fingerprint density at radius 3 is 3.00 bits per heavy atom. The van der Waals surface area contributed by atoms with Gasteiger partial charge in [-0.05, 0) is 12.1 Å². The summed E-state index contributed by atoms with van der Waals surface area (Å²) < 4.78 is 0. The largest absolute Gasteiger partial charge is 0.298 e. The first-order valence-corrected chi connectivity index (χ1v) is 5.91. The molecule has 0 fully saturated rings. The van der Waals surface area contributed by atoms with Crippen LogP contribution < -0.4 is 5.56 Å². The van der Waals surface area contributed by atoms with E-state index in [0.717, 1.165) is 0 Å². The van der Waals surface area contributed by atoms with Gasteiger partial charge in [-0.1, -0.05) is 17.8 Å². The minimum atomic E-state index is -0.264. The molecule has 0 bridgehead atoms. The molecule has 2 aromatic heterocycles. The molecular formula is C11H10N4OS. The van der Waals surface area contributed by atoms with Crippen LogP contribution in [0.15, 0.2) is 47.1 Å². The maximum absolute atomic E-state index is 11.8. The molecule has 0 aliphatic rings. The number of rotatable bonds is 4. The summed E-state index contributed by atoms with van der Waals surface area (Å²) in [6.07, 6.45) is 4.95. The number of aromatic amines is 1. The number of pyridine rings is 1. The highest BCUT2D eigenvalue weighted by Gasteiger charge is 2.07. The van der Waals surface area contributed by atoms with Gasteiger partial charge in [0.25, 0.3) is 5.56 Å². The number of aromatic nitrogens is 4. The van der Waals surface area contributed by atoms with Crippen LogP contribution in [0, 0.1) is 0 Å². The van der Waals surface area contributed by atoms with Crippen molar-refractivity contribution < 1.29 is 0 Å². The molecule has 6 heteroatoms. The van der Waals surface area contributed by atoms with Crippen molar-refractivity contribution in [2.75, 3.05) is 5.75 Å². The first kappa shape index (κ1) is 11.5. The lowest BCUT2D eigenvalue weighted by molar-refractivity contribution is 0.824. The van der Waals surface area contributed by atoms with E-state index in [1.165, 1.54) is 11.8 Å². The van der Waals surface area contributed by atoms with E-state index in [9.17, 15) is 4.79 Å². The van der Waals surface area contributed by atoms with Crippen LogP contribution in [-0.2, 0) is 0 Å². The third-order valence-corrected chi connectivity index (χ3v) is 2.81. The highest BCUT2D eigenvalue weighted by atomic mass is 32.2. The van der Waals surface area contributed by atoms with E-state index in [0.29, 0.717) is 16.5 Å². The Labute approximate surface area is 102 Å². The van der Waals surface area contributed by atoms with Gasteiger partial charge in [-0.3, -0.25) is 14.8 Å². The van der Waals surface area contributed by atoms with Gasteiger partial charge >= 0.3 is 0 Å². The van der Waals surface area contributed by atoms with Gasteiger partial charge in [-0.25, -0.2) is 0 Å². The molecule has 5 nitrogen and oxygen atoms in total. The Hall–Kier alpha value is -1.95. The normalized spacial score (nSPS) is 10.1. The van der Waals surface area contributed by atoms with Crippen molar-refractivity contribution >= 4 is 11.8 Å². The maximum atomic E-state index is 11.8. The molecule has 0 aliphatic carbocycles. The molecule has 2 rings (SSSR count). The van der Waals surface area contributed by atoms with Gasteiger partial charge in [0.05, 0.1) is 0 Å². The molecule has 0 amide bonds. The van der Waals surface area contributed by atoms with Gasteiger partial charge < -0.3 is 0 Å². The second kappa shape index (κ2) is 5.40. The van der Waals surface area contributed by atoms with Crippen molar-refractivity contribution in [3.63, 3.8) is 0 Å². The molecule has 0 aliphatic heterocycles. The Morgan fingerprint density at radius 2 is 2.35 bits per heavy atom. The molecule has 0 radical (unpaired) electrons. The lowest BCUT2D eigenvalue weighted by atomic mass is 10.2. The second-order valence-corrected chi connectivity index (χ2v) is 4.16. The fraction of sp³-hybridized carbons (Fsp3) is 0.0909. The molecule has 0 spiro atoms. The molecule has 0 saturated heterocycles. The summed E-state index contributed by atoms with van der Waals surface area (Å²) in [6.45, 7) is 3.59. The maximum Gasteiger partial charge on any atom is 0.278 e. The average molecular weight is 246 g/mol. The van der Waals surface area contributed by atoms with Crippen molar-refractivity contribution in [3.05, 3.63) is 47.5 Å². The first-order chi connectivity index (χ1) is 8.31. The zero-order valence-corrected chi connectivity index (χ0v) is 9.78. The minimum absolute atomic E-state index is 0.264. The van der Waals surface area contributed by atoms with Gasteiger partial charge in [0.1, 0.15) is 0 Å². The fourth-order valence-corrected chi connectivity index (χ4v) is 1.76. The van der Waals surface area contributed by atoms with E-state index in [4.69, 9.17) is 0 Å². The Kier molecular flexibility index (Phi) is 3.66. The summed E-state index contributed by atoms with van der Waals surface area (Å²) in [5, 5.41) is 8.34. The molecule has 2 aromatic rings. The molecule has 1 N–H and O–H groups in total. The fourth-order valence-electron chi connectivity index (χ4n) is 1.22. The number of hydrogen-bond acceptors (Lipinski definition) is 5. The summed E-state index contributed by atoms with van der Waals surface area (Å²) in [6, 6.07) is 3.51. The monoisotopic (exact) mass is 246 g/mol. The van der Waals surface area contributed by atoms with Crippen molar-refractivity contribution in [3.8, 4) is 11.3 Å². The Balaban J connectivity index is 2.32. The van der Waals surface area contributed by atoms with Crippen molar-refractivity contribution in [2.45, 2.75) is 5.16 Å². The van der Waals surface area contributed by atoms with Crippen molar-refractivity contribution in [1.82, 2.24) is 20.2 Å². The zero-order chi connectivity index (χ0) is 12.1. The molecule has 0 atom stereocenters. The quantitative estimate of drug-likeness (QED) is 0.654. The molecular weight excluding hydrogens is 236 g/mol. The first-order valence-electron chi connectivity index (χ1n) is 4.92. The van der Waals surface area contributed by atoms with Crippen LogP contribution in [0.25, 0.3) is 11.3 Å². The Morgan fingerprint density at radius 1 is 1.47 bits per heavy atom. The summed E-state index contributed by atoms with van der Waals surface area (Å²) in [4.78, 5) is 18.4. The lowest BCUT2D eigenvalue weighted by Crippen LogP contribution is -2.14. The number of hydrogen-bond donors (Lipinski definition) is 1. The van der Waals surface area contributed by atoms with Gasteiger partial charge in [0, 0.05) is 23.7 Å². The highest BCUT2D eigenvalue weighted by molar-refractivity contribution is 7.99. The van der Waals surface area contributed by atoms with Crippen LogP contribution in [0.2, 0.25) is 0 Å². The number of nitrogens with one attached hydrogen (secondary N) is 1. The van der Waals surface area contributed by atoms with E-state index >= 15 is 0 Å². The van der Waals surface area contributed by atoms with E-state index in [2.05, 4.69) is 26.7 Å². The number of nitrogens with zero attached hydrogens (tertiary/aromatic N) is 3. The number of thioether (sulfide) groups is 1. The molecule has 0 unspecified atom stereocenters. The van der Waals surface area contributed by atoms with Crippen LogP contribution >= 0.6 is 11.8 Å². The zero-order valence-electron chi connectivity index (χ0n) is 8.96. The standard InChI is InChI=1S/C11H10N4OS/c1-2-6-17-11-13-10(16)9(14-15-11)8-4-3-5-12-7-8/h2-5,7H,1,6H2,(H,13,15,16). The van der Waals surface area contributed by atoms with Crippen LogP contribution in [0.3, 0.4) is 0 Å². The van der Waals surface area contributed by atoms with E-state index in [-0.39, 0.29) is 11.3 Å². The van der Waals surface area contributed by atoms with Crippen LogP contribution in [0.5, 0.6) is 0 Å². The number of H-pyrrole nitrogens is 1. The molecule has 0 aromatic carbocycles. The SMILES string of the molecule is C=CCSc1nnc(-c2cccnc2)c(=O)[nH]1. The van der Waals surface area contributed by atoms with Crippen LogP contribution in [0.4, 0.5) is 0 Å². The Bertz CT molecular complexity index is 567. The molecule has 86 valence electrons.